The van der Waals surface area contributed by atoms with Crippen LogP contribution in [-0.2, 0) is 0 Å². The van der Waals surface area contributed by atoms with Crippen LogP contribution in [0.3, 0.4) is 0 Å². The van der Waals surface area contributed by atoms with Gasteiger partial charge in [-0.2, -0.15) is 0 Å². The third kappa shape index (κ3) is 3.76. The summed E-state index contributed by atoms with van der Waals surface area (Å²) in [6.07, 6.45) is 0. The Morgan fingerprint density at radius 2 is 1.13 bits per heavy atom. The summed E-state index contributed by atoms with van der Waals surface area (Å²) in [6, 6.07) is 36.1. The van der Waals surface area contributed by atoms with E-state index in [-0.39, 0.29) is 5.69 Å². The molecule has 0 aliphatic heterocycles. The van der Waals surface area contributed by atoms with Crippen molar-refractivity contribution in [2.45, 2.75) is 0 Å². The molecule has 0 saturated heterocycles. The molecule has 7 aromatic rings. The van der Waals surface area contributed by atoms with Crippen molar-refractivity contribution in [3.05, 3.63) is 137 Å². The van der Waals surface area contributed by atoms with Crippen molar-refractivity contribution in [3.63, 3.8) is 0 Å². The summed E-state index contributed by atoms with van der Waals surface area (Å²) in [7, 11) is 0. The van der Waals surface area contributed by atoms with Crippen LogP contribution < -0.4 is 4.90 Å². The van der Waals surface area contributed by atoms with E-state index in [0.29, 0.717) is 11.4 Å². The fourth-order valence-corrected chi connectivity index (χ4v) is 5.96. The highest BCUT2D eigenvalue weighted by atomic mass is 79.9. The van der Waals surface area contributed by atoms with Gasteiger partial charge in [0.05, 0.1) is 5.69 Å². The molecule has 188 valence electrons. The van der Waals surface area contributed by atoms with Crippen molar-refractivity contribution in [1.82, 2.24) is 0 Å². The second-order valence-corrected chi connectivity index (χ2v) is 10.3. The Morgan fingerprint density at radius 1 is 0.513 bits per heavy atom. The molecule has 0 aromatic heterocycles. The molecule has 0 atom stereocenters. The van der Waals surface area contributed by atoms with Gasteiger partial charge in [-0.3, -0.25) is 0 Å². The lowest BCUT2D eigenvalue weighted by Gasteiger charge is -2.26. The van der Waals surface area contributed by atoms with Gasteiger partial charge in [0.25, 0.3) is 0 Å². The lowest BCUT2D eigenvalue weighted by Crippen LogP contribution is -2.13. The molecule has 0 aliphatic rings. The Balaban J connectivity index is 1.39. The van der Waals surface area contributed by atoms with Gasteiger partial charge in [-0.1, -0.05) is 88.7 Å². The molecule has 0 aliphatic carbocycles. The zero-order chi connectivity index (χ0) is 26.7. The second kappa shape index (κ2) is 9.14. The van der Waals surface area contributed by atoms with Crippen molar-refractivity contribution in [1.29, 1.82) is 0 Å². The van der Waals surface area contributed by atoms with Crippen LogP contribution in [0.2, 0.25) is 0 Å². The number of rotatable bonds is 4. The molecule has 7 aromatic carbocycles. The smallest absolute Gasteiger partial charge is 0.196 e. The molecule has 0 bridgehead atoms. The Morgan fingerprint density at radius 3 is 1.87 bits per heavy atom. The maximum Gasteiger partial charge on any atom is 0.196 e. The maximum absolute atomic E-state index is 15.0. The average Bonchev–Trinajstić information content (AvgIpc) is 2.98. The van der Waals surface area contributed by atoms with Crippen LogP contribution in [0.5, 0.6) is 0 Å². The third-order valence-electron chi connectivity index (χ3n) is 7.32. The molecule has 0 fully saturated rings. The number of nitrogens with zero attached hydrogens (tertiary/aromatic N) is 1. The summed E-state index contributed by atoms with van der Waals surface area (Å²) in [4.78, 5) is 1.59. The van der Waals surface area contributed by atoms with E-state index in [2.05, 4.69) is 64.5 Å². The summed E-state index contributed by atoms with van der Waals surface area (Å²) in [5.74, 6) is -3.95. The predicted molar refractivity (Wildman–Crippen MR) is 158 cm³/mol. The first-order valence-electron chi connectivity index (χ1n) is 12.5. The summed E-state index contributed by atoms with van der Waals surface area (Å²) in [5, 5.41) is 7.11. The lowest BCUT2D eigenvalue weighted by molar-refractivity contribution is 0.448. The third-order valence-corrected chi connectivity index (χ3v) is 8.01. The van der Waals surface area contributed by atoms with Crippen molar-refractivity contribution in [2.24, 2.45) is 0 Å². The van der Waals surface area contributed by atoms with Gasteiger partial charge in [0.15, 0.2) is 17.5 Å². The van der Waals surface area contributed by atoms with Gasteiger partial charge in [0.1, 0.15) is 0 Å². The predicted octanol–water partition coefficient (Wildman–Crippen LogP) is 10.9. The maximum atomic E-state index is 15.0. The van der Waals surface area contributed by atoms with E-state index in [0.717, 1.165) is 27.1 Å². The van der Waals surface area contributed by atoms with Gasteiger partial charge in [0, 0.05) is 15.8 Å². The van der Waals surface area contributed by atoms with Gasteiger partial charge in [0.2, 0.25) is 0 Å². The van der Waals surface area contributed by atoms with Gasteiger partial charge in [-0.25, -0.2) is 13.2 Å². The van der Waals surface area contributed by atoms with E-state index in [9.17, 15) is 13.2 Å². The zero-order valence-corrected chi connectivity index (χ0v) is 22.0. The summed E-state index contributed by atoms with van der Waals surface area (Å²) >= 11 is 3.70. The molecule has 0 radical (unpaired) electrons. The number of para-hydroxylation sites is 1. The monoisotopic (exact) mass is 577 g/mol. The summed E-state index contributed by atoms with van der Waals surface area (Å²) in [6.45, 7) is 0. The van der Waals surface area contributed by atoms with Crippen molar-refractivity contribution in [2.75, 3.05) is 4.90 Å². The van der Waals surface area contributed by atoms with E-state index in [1.54, 1.807) is 17.0 Å². The molecule has 0 spiro atoms. The molecule has 0 heterocycles. The Bertz CT molecular complexity index is 2000. The van der Waals surface area contributed by atoms with Crippen LogP contribution in [0.4, 0.5) is 30.2 Å². The van der Waals surface area contributed by atoms with Gasteiger partial charge in [-0.05, 0) is 85.9 Å². The molecular weight excluding hydrogens is 559 g/mol. The topological polar surface area (TPSA) is 3.24 Å². The Hall–Kier alpha value is -4.35. The quantitative estimate of drug-likeness (QED) is 0.148. The van der Waals surface area contributed by atoms with E-state index < -0.39 is 17.5 Å². The molecule has 7 rings (SSSR count). The van der Waals surface area contributed by atoms with Crippen LogP contribution in [0, 0.1) is 17.5 Å². The SMILES string of the molecule is Fc1ccc(N(c2ccccc2)c2ccc(-c3ccc4ccc5c(Br)ccc6ccc3c4c65)cc2)c(F)c1F. The van der Waals surface area contributed by atoms with E-state index in [4.69, 9.17) is 0 Å². The van der Waals surface area contributed by atoms with Crippen LogP contribution in [-0.4, -0.2) is 0 Å². The number of anilines is 3. The Kier molecular flexibility index (Phi) is 5.56. The standard InChI is InChI=1S/C34H19BrF3N/c35-28-17-11-22-9-15-26-25(14-8-21-10-16-27(28)32(22)31(21)26)20-6-12-24(13-7-20)39(23-4-2-1-3-5-23)30-19-18-29(36)33(37)34(30)38/h1-19H. The first kappa shape index (κ1) is 23.7. The largest absolute Gasteiger partial charge is 0.308 e. The van der Waals surface area contributed by atoms with E-state index >= 15 is 0 Å². The lowest BCUT2D eigenvalue weighted by atomic mass is 9.90. The molecule has 5 heteroatoms. The number of benzene rings is 7. The first-order chi connectivity index (χ1) is 19.0. The summed E-state index contributed by atoms with van der Waals surface area (Å²) in [5.41, 5.74) is 3.25. The molecule has 1 nitrogen and oxygen atoms in total. The fraction of sp³-hybridized carbons (Fsp3) is 0. The fourth-order valence-electron chi connectivity index (χ4n) is 5.50. The molecular formula is C34H19BrF3N. The highest BCUT2D eigenvalue weighted by Crippen LogP contribution is 2.42. The van der Waals surface area contributed by atoms with Crippen LogP contribution in [0.15, 0.2) is 120 Å². The first-order valence-corrected chi connectivity index (χ1v) is 13.3. The molecule has 39 heavy (non-hydrogen) atoms. The van der Waals surface area contributed by atoms with E-state index in [1.165, 1.54) is 33.0 Å². The second-order valence-electron chi connectivity index (χ2n) is 9.50. The van der Waals surface area contributed by atoms with Gasteiger partial charge >= 0.3 is 0 Å². The molecule has 0 N–H and O–H groups in total. The van der Waals surface area contributed by atoms with Gasteiger partial charge in [-0.15, -0.1) is 0 Å². The average molecular weight is 578 g/mol. The van der Waals surface area contributed by atoms with Crippen LogP contribution in [0.1, 0.15) is 0 Å². The minimum Gasteiger partial charge on any atom is -0.308 e. The highest BCUT2D eigenvalue weighted by Gasteiger charge is 2.21. The zero-order valence-electron chi connectivity index (χ0n) is 20.4. The van der Waals surface area contributed by atoms with E-state index in [1.807, 2.05) is 42.5 Å². The van der Waals surface area contributed by atoms with Gasteiger partial charge < -0.3 is 4.90 Å². The highest BCUT2D eigenvalue weighted by molar-refractivity contribution is 9.10. The number of hydrogen-bond donors (Lipinski definition) is 0. The molecule has 0 amide bonds. The normalized spacial score (nSPS) is 11.6. The van der Waals surface area contributed by atoms with Crippen LogP contribution >= 0.6 is 15.9 Å². The van der Waals surface area contributed by atoms with Crippen molar-refractivity contribution in [3.8, 4) is 11.1 Å². The Labute approximate surface area is 231 Å². The number of halogens is 4. The van der Waals surface area contributed by atoms with Crippen molar-refractivity contribution >= 4 is 65.3 Å². The van der Waals surface area contributed by atoms with Crippen molar-refractivity contribution < 1.29 is 13.2 Å². The summed E-state index contributed by atoms with van der Waals surface area (Å²) < 4.78 is 44.0. The number of hydrogen-bond acceptors (Lipinski definition) is 1. The molecule has 0 saturated carbocycles. The van der Waals surface area contributed by atoms with Crippen LogP contribution in [0.25, 0.3) is 43.4 Å². The minimum atomic E-state index is -1.50. The molecule has 0 unspecified atom stereocenters. The minimum absolute atomic E-state index is 0.0684.